The average molecular weight is 261 g/mol. The first-order chi connectivity index (χ1) is 7.60. The molecule has 0 atom stereocenters. The van der Waals surface area contributed by atoms with E-state index < -0.39 is 0 Å². The van der Waals surface area contributed by atoms with Crippen molar-refractivity contribution in [1.29, 1.82) is 0 Å². The number of carbonyl (C=O) groups is 1. The minimum absolute atomic E-state index is 0.172. The molecule has 0 aliphatic carbocycles. The lowest BCUT2D eigenvalue weighted by Crippen LogP contribution is -2.34. The minimum atomic E-state index is -0.172. The fourth-order valence-electron chi connectivity index (χ4n) is 1.31. The maximum atomic E-state index is 11.8. The summed E-state index contributed by atoms with van der Waals surface area (Å²) in [4.78, 5) is 13.4. The van der Waals surface area contributed by atoms with Gasteiger partial charge in [0.15, 0.2) is 0 Å². The predicted octanol–water partition coefficient (Wildman–Crippen LogP) is 3.87. The zero-order valence-electron chi connectivity index (χ0n) is 9.26. The second kappa shape index (κ2) is 5.97. The van der Waals surface area contributed by atoms with Crippen LogP contribution in [0.5, 0.6) is 0 Å². The van der Waals surface area contributed by atoms with Crippen molar-refractivity contribution in [2.45, 2.75) is 13.8 Å². The first kappa shape index (κ1) is 13.1. The SMILES string of the molecule is CCN(CC)C(=O)Nc1cccc(Cl)c1Cl. The topological polar surface area (TPSA) is 32.3 Å². The molecule has 0 bridgehead atoms. The lowest BCUT2D eigenvalue weighted by Gasteiger charge is -2.19. The maximum Gasteiger partial charge on any atom is 0.321 e. The number of halogens is 2. The normalized spacial score (nSPS) is 10.0. The lowest BCUT2D eigenvalue weighted by molar-refractivity contribution is 0.217. The summed E-state index contributed by atoms with van der Waals surface area (Å²) >= 11 is 11.8. The van der Waals surface area contributed by atoms with Gasteiger partial charge in [-0.15, -0.1) is 0 Å². The van der Waals surface area contributed by atoms with E-state index in [9.17, 15) is 4.79 Å². The Bertz CT molecular complexity index is 378. The standard InChI is InChI=1S/C11H14Cl2N2O/c1-3-15(4-2)11(16)14-9-7-5-6-8(12)10(9)13/h5-7H,3-4H2,1-2H3,(H,14,16). The molecule has 0 spiro atoms. The number of benzene rings is 1. The zero-order chi connectivity index (χ0) is 12.1. The molecule has 16 heavy (non-hydrogen) atoms. The molecule has 0 unspecified atom stereocenters. The maximum absolute atomic E-state index is 11.8. The van der Waals surface area contributed by atoms with Crippen LogP contribution in [0.3, 0.4) is 0 Å². The van der Waals surface area contributed by atoms with Crippen LogP contribution in [0.1, 0.15) is 13.8 Å². The van der Waals surface area contributed by atoms with E-state index in [2.05, 4.69) is 5.32 Å². The molecule has 0 aliphatic rings. The lowest BCUT2D eigenvalue weighted by atomic mass is 10.3. The summed E-state index contributed by atoms with van der Waals surface area (Å²) in [6.07, 6.45) is 0. The van der Waals surface area contributed by atoms with Crippen molar-refractivity contribution >= 4 is 34.9 Å². The van der Waals surface area contributed by atoms with E-state index in [1.54, 1.807) is 23.1 Å². The fourth-order valence-corrected chi connectivity index (χ4v) is 1.65. The van der Waals surface area contributed by atoms with Crippen molar-refractivity contribution < 1.29 is 4.79 Å². The van der Waals surface area contributed by atoms with Gasteiger partial charge in [-0.1, -0.05) is 29.3 Å². The van der Waals surface area contributed by atoms with Crippen LogP contribution in [0, 0.1) is 0 Å². The van der Waals surface area contributed by atoms with Crippen LogP contribution in [0.25, 0.3) is 0 Å². The summed E-state index contributed by atoms with van der Waals surface area (Å²) in [5.74, 6) is 0. The molecule has 1 aromatic carbocycles. The van der Waals surface area contributed by atoms with Gasteiger partial charge < -0.3 is 10.2 Å². The van der Waals surface area contributed by atoms with Crippen molar-refractivity contribution in [3.63, 3.8) is 0 Å². The fraction of sp³-hybridized carbons (Fsp3) is 0.364. The Morgan fingerprint density at radius 3 is 2.50 bits per heavy atom. The van der Waals surface area contributed by atoms with Crippen molar-refractivity contribution in [2.75, 3.05) is 18.4 Å². The Hall–Kier alpha value is -0.930. The third-order valence-corrected chi connectivity index (χ3v) is 3.06. The van der Waals surface area contributed by atoms with Gasteiger partial charge in [0, 0.05) is 13.1 Å². The van der Waals surface area contributed by atoms with Crippen LogP contribution in [0.4, 0.5) is 10.5 Å². The number of hydrogen-bond acceptors (Lipinski definition) is 1. The van der Waals surface area contributed by atoms with Crippen molar-refractivity contribution in [2.24, 2.45) is 0 Å². The van der Waals surface area contributed by atoms with E-state index in [0.29, 0.717) is 28.8 Å². The van der Waals surface area contributed by atoms with E-state index in [1.807, 2.05) is 13.8 Å². The van der Waals surface area contributed by atoms with Gasteiger partial charge in [0.1, 0.15) is 0 Å². The Morgan fingerprint density at radius 2 is 1.94 bits per heavy atom. The second-order valence-corrected chi connectivity index (χ2v) is 3.99. The van der Waals surface area contributed by atoms with Gasteiger partial charge in [0.05, 0.1) is 15.7 Å². The number of urea groups is 1. The largest absolute Gasteiger partial charge is 0.325 e. The molecule has 0 saturated heterocycles. The van der Waals surface area contributed by atoms with E-state index in [1.165, 1.54) is 0 Å². The number of carbonyl (C=O) groups excluding carboxylic acids is 1. The van der Waals surface area contributed by atoms with Crippen molar-refractivity contribution in [1.82, 2.24) is 4.90 Å². The molecular weight excluding hydrogens is 247 g/mol. The third kappa shape index (κ3) is 3.03. The summed E-state index contributed by atoms with van der Waals surface area (Å²) in [5.41, 5.74) is 0.533. The molecule has 0 aliphatic heterocycles. The summed E-state index contributed by atoms with van der Waals surface area (Å²) in [5, 5.41) is 3.52. The molecule has 88 valence electrons. The first-order valence-corrected chi connectivity index (χ1v) is 5.85. The molecule has 0 saturated carbocycles. The first-order valence-electron chi connectivity index (χ1n) is 5.10. The molecular formula is C11H14Cl2N2O. The summed E-state index contributed by atoms with van der Waals surface area (Å²) in [6, 6.07) is 4.97. The summed E-state index contributed by atoms with van der Waals surface area (Å²) in [7, 11) is 0. The summed E-state index contributed by atoms with van der Waals surface area (Å²) < 4.78 is 0. The van der Waals surface area contributed by atoms with E-state index in [4.69, 9.17) is 23.2 Å². The van der Waals surface area contributed by atoms with Gasteiger partial charge in [-0.05, 0) is 26.0 Å². The van der Waals surface area contributed by atoms with E-state index >= 15 is 0 Å². The van der Waals surface area contributed by atoms with Gasteiger partial charge in [0.2, 0.25) is 0 Å². The number of rotatable bonds is 3. The molecule has 1 aromatic rings. The predicted molar refractivity (Wildman–Crippen MR) is 68.4 cm³/mol. The summed E-state index contributed by atoms with van der Waals surface area (Å²) in [6.45, 7) is 5.15. The van der Waals surface area contributed by atoms with Gasteiger partial charge in [-0.25, -0.2) is 4.79 Å². The second-order valence-electron chi connectivity index (χ2n) is 3.20. The van der Waals surface area contributed by atoms with Gasteiger partial charge in [-0.3, -0.25) is 0 Å². The molecule has 2 amide bonds. The average Bonchev–Trinajstić information content (AvgIpc) is 2.26. The van der Waals surface area contributed by atoms with E-state index in [-0.39, 0.29) is 6.03 Å². The van der Waals surface area contributed by atoms with Crippen LogP contribution in [-0.2, 0) is 0 Å². The molecule has 0 radical (unpaired) electrons. The number of amides is 2. The molecule has 0 aromatic heterocycles. The number of nitrogens with one attached hydrogen (secondary N) is 1. The molecule has 3 nitrogen and oxygen atoms in total. The smallest absolute Gasteiger partial charge is 0.321 e. The Balaban J connectivity index is 2.80. The van der Waals surface area contributed by atoms with Crippen LogP contribution in [-0.4, -0.2) is 24.0 Å². The molecule has 1 N–H and O–H groups in total. The van der Waals surface area contributed by atoms with Gasteiger partial charge >= 0.3 is 6.03 Å². The quantitative estimate of drug-likeness (QED) is 0.880. The van der Waals surface area contributed by atoms with Gasteiger partial charge in [-0.2, -0.15) is 0 Å². The monoisotopic (exact) mass is 260 g/mol. The molecule has 5 heteroatoms. The Labute approximate surface area is 105 Å². The Kier molecular flexibility index (Phi) is 4.90. The highest BCUT2D eigenvalue weighted by molar-refractivity contribution is 6.43. The minimum Gasteiger partial charge on any atom is -0.325 e. The molecule has 0 fully saturated rings. The highest BCUT2D eigenvalue weighted by atomic mass is 35.5. The van der Waals surface area contributed by atoms with Gasteiger partial charge in [0.25, 0.3) is 0 Å². The highest BCUT2D eigenvalue weighted by Crippen LogP contribution is 2.29. The van der Waals surface area contributed by atoms with Crippen LogP contribution in [0.15, 0.2) is 18.2 Å². The molecule has 0 heterocycles. The van der Waals surface area contributed by atoms with Crippen LogP contribution in [0.2, 0.25) is 10.0 Å². The van der Waals surface area contributed by atoms with Crippen molar-refractivity contribution in [3.05, 3.63) is 28.2 Å². The number of hydrogen-bond donors (Lipinski definition) is 1. The Morgan fingerprint density at radius 1 is 1.31 bits per heavy atom. The third-order valence-electron chi connectivity index (χ3n) is 2.24. The van der Waals surface area contributed by atoms with E-state index in [0.717, 1.165) is 0 Å². The number of nitrogens with zero attached hydrogens (tertiary/aromatic N) is 1. The van der Waals surface area contributed by atoms with Crippen LogP contribution < -0.4 is 5.32 Å². The number of anilines is 1. The highest BCUT2D eigenvalue weighted by Gasteiger charge is 2.12. The van der Waals surface area contributed by atoms with Crippen LogP contribution >= 0.6 is 23.2 Å². The molecule has 1 rings (SSSR count). The van der Waals surface area contributed by atoms with Crippen molar-refractivity contribution in [3.8, 4) is 0 Å². The zero-order valence-corrected chi connectivity index (χ0v) is 10.8.